The number of benzene rings is 1. The zero-order valence-electron chi connectivity index (χ0n) is 10.6. The molecule has 0 radical (unpaired) electrons. The van der Waals surface area contributed by atoms with Crippen molar-refractivity contribution in [2.24, 2.45) is 0 Å². The smallest absolute Gasteiger partial charge is 0.321 e. The van der Waals surface area contributed by atoms with Crippen molar-refractivity contribution >= 4 is 11.9 Å². The first kappa shape index (κ1) is 14.5. The van der Waals surface area contributed by atoms with Gasteiger partial charge in [-0.15, -0.1) is 0 Å². The number of hydrogen-bond acceptors (Lipinski definition) is 4. The zero-order chi connectivity index (χ0) is 14.1. The summed E-state index contributed by atoms with van der Waals surface area (Å²) in [5.74, 6) is -0.140. The molecule has 0 aliphatic heterocycles. The third kappa shape index (κ3) is 5.55. The number of carbonyl (C=O) groups is 2. The summed E-state index contributed by atoms with van der Waals surface area (Å²) in [6.45, 7) is 2.13. The lowest BCUT2D eigenvalue weighted by Gasteiger charge is -2.07. The van der Waals surface area contributed by atoms with Crippen LogP contribution in [0.5, 0.6) is 5.75 Å². The Balaban J connectivity index is 2.37. The van der Waals surface area contributed by atoms with Gasteiger partial charge in [0.2, 0.25) is 0 Å². The number of hydrogen-bond donors (Lipinski definition) is 2. The van der Waals surface area contributed by atoms with Gasteiger partial charge in [-0.2, -0.15) is 5.26 Å². The van der Waals surface area contributed by atoms with E-state index in [4.69, 9.17) is 10.00 Å². The molecule has 0 aliphatic rings. The highest BCUT2D eigenvalue weighted by atomic mass is 16.5. The molecule has 0 aromatic heterocycles. The topological polar surface area (TPSA) is 91.2 Å². The number of ether oxygens (including phenoxy) is 1. The van der Waals surface area contributed by atoms with Gasteiger partial charge in [-0.05, 0) is 24.6 Å². The molecule has 2 N–H and O–H groups in total. The van der Waals surface area contributed by atoms with Gasteiger partial charge in [0.25, 0.3) is 5.91 Å². The molecule has 0 atom stereocenters. The number of imide groups is 1. The molecular weight excluding hydrogens is 246 g/mol. The number of carbonyl (C=O) groups excluding carboxylic acids is 2. The van der Waals surface area contributed by atoms with Crippen molar-refractivity contribution in [2.75, 3.05) is 13.2 Å². The highest BCUT2D eigenvalue weighted by Gasteiger charge is 2.07. The van der Waals surface area contributed by atoms with E-state index in [0.717, 1.165) is 6.42 Å². The molecule has 3 amide bonds. The first-order valence-corrected chi connectivity index (χ1v) is 5.86. The van der Waals surface area contributed by atoms with Crippen LogP contribution in [0.4, 0.5) is 4.79 Å². The quantitative estimate of drug-likeness (QED) is 0.832. The summed E-state index contributed by atoms with van der Waals surface area (Å²) < 4.78 is 5.17. The normalized spacial score (nSPS) is 9.26. The van der Waals surface area contributed by atoms with E-state index in [1.54, 1.807) is 18.2 Å². The van der Waals surface area contributed by atoms with Crippen LogP contribution in [-0.4, -0.2) is 25.1 Å². The summed E-state index contributed by atoms with van der Waals surface area (Å²) in [7, 11) is 0. The van der Waals surface area contributed by atoms with Crippen LogP contribution in [0.2, 0.25) is 0 Å². The van der Waals surface area contributed by atoms with Crippen LogP contribution in [0.1, 0.15) is 18.9 Å². The van der Waals surface area contributed by atoms with E-state index in [-0.39, 0.29) is 6.61 Å². The fourth-order valence-corrected chi connectivity index (χ4v) is 1.25. The van der Waals surface area contributed by atoms with Crippen molar-refractivity contribution in [1.29, 1.82) is 5.26 Å². The lowest BCUT2D eigenvalue weighted by Crippen LogP contribution is -2.41. The molecule has 1 aromatic rings. The van der Waals surface area contributed by atoms with Gasteiger partial charge in [-0.1, -0.05) is 13.0 Å². The molecule has 1 rings (SSSR count). The Morgan fingerprint density at radius 3 is 2.89 bits per heavy atom. The minimum absolute atomic E-state index is 0.283. The summed E-state index contributed by atoms with van der Waals surface area (Å²) in [5, 5.41) is 13.3. The average molecular weight is 261 g/mol. The van der Waals surface area contributed by atoms with Gasteiger partial charge in [-0.3, -0.25) is 10.1 Å². The molecule has 6 heteroatoms. The molecule has 19 heavy (non-hydrogen) atoms. The average Bonchev–Trinajstić information content (AvgIpc) is 2.43. The summed E-state index contributed by atoms with van der Waals surface area (Å²) in [5.41, 5.74) is 0.443. The van der Waals surface area contributed by atoms with Crippen molar-refractivity contribution in [3.63, 3.8) is 0 Å². The molecule has 0 spiro atoms. The van der Waals surface area contributed by atoms with E-state index in [1.807, 2.05) is 13.0 Å². The fourth-order valence-electron chi connectivity index (χ4n) is 1.25. The Labute approximate surface area is 111 Å². The highest BCUT2D eigenvalue weighted by molar-refractivity contribution is 5.94. The van der Waals surface area contributed by atoms with Crippen molar-refractivity contribution in [3.05, 3.63) is 29.8 Å². The second-order valence-corrected chi connectivity index (χ2v) is 3.73. The Kier molecular flexibility index (Phi) is 5.89. The number of nitrogens with zero attached hydrogens (tertiary/aromatic N) is 1. The number of nitriles is 1. The zero-order valence-corrected chi connectivity index (χ0v) is 10.6. The monoisotopic (exact) mass is 261 g/mol. The number of nitrogens with one attached hydrogen (secondary N) is 2. The highest BCUT2D eigenvalue weighted by Crippen LogP contribution is 2.11. The van der Waals surface area contributed by atoms with E-state index in [0.29, 0.717) is 17.9 Å². The fraction of sp³-hybridized carbons (Fsp3) is 0.308. The van der Waals surface area contributed by atoms with Crippen molar-refractivity contribution < 1.29 is 14.3 Å². The van der Waals surface area contributed by atoms with Crippen molar-refractivity contribution in [2.45, 2.75) is 13.3 Å². The van der Waals surface area contributed by atoms with Gasteiger partial charge >= 0.3 is 6.03 Å². The molecule has 0 aliphatic carbocycles. The third-order valence-corrected chi connectivity index (χ3v) is 2.12. The van der Waals surface area contributed by atoms with E-state index in [1.165, 1.54) is 6.07 Å². The molecule has 100 valence electrons. The molecule has 0 heterocycles. The van der Waals surface area contributed by atoms with Gasteiger partial charge in [0.15, 0.2) is 6.61 Å². The third-order valence-electron chi connectivity index (χ3n) is 2.12. The maximum absolute atomic E-state index is 11.4. The van der Waals surface area contributed by atoms with Crippen LogP contribution < -0.4 is 15.4 Å². The van der Waals surface area contributed by atoms with Gasteiger partial charge in [0, 0.05) is 6.54 Å². The Hall–Kier alpha value is -2.55. The molecule has 0 saturated carbocycles. The van der Waals surface area contributed by atoms with Crippen LogP contribution in [0.25, 0.3) is 0 Å². The van der Waals surface area contributed by atoms with E-state index in [9.17, 15) is 9.59 Å². The maximum atomic E-state index is 11.4. The van der Waals surface area contributed by atoms with Crippen molar-refractivity contribution in [1.82, 2.24) is 10.6 Å². The first-order chi connectivity index (χ1) is 9.15. The van der Waals surface area contributed by atoms with Crippen molar-refractivity contribution in [3.8, 4) is 11.8 Å². The van der Waals surface area contributed by atoms with Crippen LogP contribution in [0.3, 0.4) is 0 Å². The lowest BCUT2D eigenvalue weighted by atomic mass is 10.2. The largest absolute Gasteiger partial charge is 0.484 e. The van der Waals surface area contributed by atoms with Crippen LogP contribution in [-0.2, 0) is 4.79 Å². The summed E-state index contributed by atoms with van der Waals surface area (Å²) >= 11 is 0. The lowest BCUT2D eigenvalue weighted by molar-refractivity contribution is -0.122. The molecule has 0 unspecified atom stereocenters. The standard InChI is InChI=1S/C13H15N3O3/c1-2-6-15-13(18)16-12(17)9-19-11-5-3-4-10(7-11)8-14/h3-5,7H,2,6,9H2,1H3,(H2,15,16,17,18). The predicted molar refractivity (Wildman–Crippen MR) is 68.5 cm³/mol. The molecule has 6 nitrogen and oxygen atoms in total. The second-order valence-electron chi connectivity index (χ2n) is 3.73. The van der Waals surface area contributed by atoms with E-state index < -0.39 is 11.9 Å². The van der Waals surface area contributed by atoms with Crippen LogP contribution in [0.15, 0.2) is 24.3 Å². The van der Waals surface area contributed by atoms with Gasteiger partial charge in [0.05, 0.1) is 11.6 Å². The minimum Gasteiger partial charge on any atom is -0.484 e. The Bertz CT molecular complexity index is 494. The summed E-state index contributed by atoms with van der Waals surface area (Å²) in [6.07, 6.45) is 0.791. The molecule has 1 aromatic carbocycles. The van der Waals surface area contributed by atoms with E-state index in [2.05, 4.69) is 10.6 Å². The summed E-state index contributed by atoms with van der Waals surface area (Å²) in [4.78, 5) is 22.6. The SMILES string of the molecule is CCCNC(=O)NC(=O)COc1cccc(C#N)c1. The van der Waals surface area contributed by atoms with E-state index >= 15 is 0 Å². The molecule has 0 saturated heterocycles. The number of urea groups is 1. The van der Waals surface area contributed by atoms with Gasteiger partial charge in [0.1, 0.15) is 5.75 Å². The number of rotatable bonds is 5. The van der Waals surface area contributed by atoms with Crippen LogP contribution >= 0.6 is 0 Å². The minimum atomic E-state index is -0.545. The van der Waals surface area contributed by atoms with Crippen LogP contribution in [0, 0.1) is 11.3 Å². The number of amides is 3. The maximum Gasteiger partial charge on any atom is 0.321 e. The Morgan fingerprint density at radius 1 is 1.42 bits per heavy atom. The van der Waals surface area contributed by atoms with Gasteiger partial charge < -0.3 is 10.1 Å². The molecule has 0 fully saturated rings. The predicted octanol–water partition coefficient (Wildman–Crippen LogP) is 1.17. The Morgan fingerprint density at radius 2 is 2.21 bits per heavy atom. The molecular formula is C13H15N3O3. The van der Waals surface area contributed by atoms with Gasteiger partial charge in [-0.25, -0.2) is 4.79 Å². The molecule has 0 bridgehead atoms. The summed E-state index contributed by atoms with van der Waals surface area (Å²) in [6, 6.07) is 7.86. The first-order valence-electron chi connectivity index (χ1n) is 5.86. The second kappa shape index (κ2) is 7.71.